The zero-order valence-electron chi connectivity index (χ0n) is 13.9. The van der Waals surface area contributed by atoms with Crippen molar-refractivity contribution in [2.24, 2.45) is 11.8 Å². The van der Waals surface area contributed by atoms with E-state index >= 15 is 0 Å². The number of piperazine rings is 1. The Morgan fingerprint density at radius 3 is 1.65 bits per heavy atom. The Hall–Kier alpha value is -0.120. The lowest BCUT2D eigenvalue weighted by Gasteiger charge is -2.40. The molecule has 1 aliphatic carbocycles. The van der Waals surface area contributed by atoms with E-state index in [9.17, 15) is 0 Å². The van der Waals surface area contributed by atoms with E-state index in [1.165, 1.54) is 52.1 Å². The first kappa shape index (κ1) is 14.8. The van der Waals surface area contributed by atoms with Crippen LogP contribution in [-0.2, 0) is 0 Å². The zero-order valence-corrected chi connectivity index (χ0v) is 13.9. The van der Waals surface area contributed by atoms with E-state index in [4.69, 9.17) is 0 Å². The van der Waals surface area contributed by atoms with Gasteiger partial charge in [0.15, 0.2) is 0 Å². The van der Waals surface area contributed by atoms with Crippen LogP contribution in [0, 0.1) is 11.8 Å². The lowest BCUT2D eigenvalue weighted by Crippen LogP contribution is -2.51. The van der Waals surface area contributed by atoms with Crippen LogP contribution in [0.5, 0.6) is 0 Å². The van der Waals surface area contributed by atoms with Crippen LogP contribution in [0.1, 0.15) is 40.5 Å². The summed E-state index contributed by atoms with van der Waals surface area (Å²) in [7, 11) is 0. The molecule has 3 aliphatic rings. The first-order valence-electron chi connectivity index (χ1n) is 8.76. The average Bonchev–Trinajstić information content (AvgIpc) is 2.96. The number of likely N-dealkylation sites (tertiary alicyclic amines) is 1. The fourth-order valence-corrected chi connectivity index (χ4v) is 4.64. The molecule has 0 amide bonds. The van der Waals surface area contributed by atoms with Crippen molar-refractivity contribution in [2.75, 3.05) is 39.3 Å². The van der Waals surface area contributed by atoms with Crippen molar-refractivity contribution in [3.05, 3.63) is 0 Å². The van der Waals surface area contributed by atoms with Crippen molar-refractivity contribution >= 4 is 0 Å². The zero-order chi connectivity index (χ0) is 14.3. The molecule has 0 aromatic heterocycles. The molecule has 3 nitrogen and oxygen atoms in total. The fourth-order valence-electron chi connectivity index (χ4n) is 4.64. The molecule has 1 saturated carbocycles. The molecular formula is C17H33N3. The summed E-state index contributed by atoms with van der Waals surface area (Å²) in [6, 6.07) is 2.36. The highest BCUT2D eigenvalue weighted by Gasteiger charge is 2.43. The second-order valence-electron chi connectivity index (χ2n) is 7.86. The lowest BCUT2D eigenvalue weighted by atomic mass is 10.0. The Morgan fingerprint density at radius 1 is 0.700 bits per heavy atom. The van der Waals surface area contributed by atoms with Crippen LogP contribution in [0.4, 0.5) is 0 Å². The standard InChI is InChI=1S/C17H33N3/c1-13(2)18-5-7-19(8-6-18)17-9-15-11-20(14(3)4)12-16(15)10-17/h13-17H,5-12H2,1-4H3. The molecule has 0 radical (unpaired) electrons. The molecule has 3 fully saturated rings. The Kier molecular flexibility index (Phi) is 4.40. The molecular weight excluding hydrogens is 246 g/mol. The molecule has 3 rings (SSSR count). The van der Waals surface area contributed by atoms with E-state index in [1.54, 1.807) is 0 Å². The Morgan fingerprint density at radius 2 is 1.20 bits per heavy atom. The van der Waals surface area contributed by atoms with Crippen molar-refractivity contribution < 1.29 is 0 Å². The highest BCUT2D eigenvalue weighted by molar-refractivity contribution is 4.97. The minimum Gasteiger partial charge on any atom is -0.300 e. The Bertz CT molecular complexity index is 306. The van der Waals surface area contributed by atoms with Crippen LogP contribution >= 0.6 is 0 Å². The monoisotopic (exact) mass is 279 g/mol. The second kappa shape index (κ2) is 5.94. The van der Waals surface area contributed by atoms with Gasteiger partial charge in [0.25, 0.3) is 0 Å². The van der Waals surface area contributed by atoms with Crippen LogP contribution in [0.25, 0.3) is 0 Å². The van der Waals surface area contributed by atoms with Gasteiger partial charge in [-0.25, -0.2) is 0 Å². The molecule has 2 unspecified atom stereocenters. The average molecular weight is 279 g/mol. The normalized spacial score (nSPS) is 37.2. The van der Waals surface area contributed by atoms with Crippen molar-refractivity contribution in [3.8, 4) is 0 Å². The van der Waals surface area contributed by atoms with Crippen LogP contribution in [0.2, 0.25) is 0 Å². The summed E-state index contributed by atoms with van der Waals surface area (Å²) in [5, 5.41) is 0. The molecule has 0 spiro atoms. The maximum atomic E-state index is 2.80. The van der Waals surface area contributed by atoms with E-state index in [-0.39, 0.29) is 0 Å². The summed E-state index contributed by atoms with van der Waals surface area (Å²) in [5.74, 6) is 1.98. The molecule has 2 atom stereocenters. The molecule has 116 valence electrons. The summed E-state index contributed by atoms with van der Waals surface area (Å²) in [5.41, 5.74) is 0. The third-order valence-corrected chi connectivity index (χ3v) is 6.08. The lowest BCUT2D eigenvalue weighted by molar-refractivity contribution is 0.0749. The van der Waals surface area contributed by atoms with Gasteiger partial charge < -0.3 is 4.90 Å². The summed E-state index contributed by atoms with van der Waals surface area (Å²) < 4.78 is 0. The first-order valence-corrected chi connectivity index (χ1v) is 8.76. The van der Waals surface area contributed by atoms with Crippen molar-refractivity contribution in [3.63, 3.8) is 0 Å². The second-order valence-corrected chi connectivity index (χ2v) is 7.86. The van der Waals surface area contributed by atoms with E-state index in [0.29, 0.717) is 0 Å². The number of rotatable bonds is 3. The number of hydrogen-bond acceptors (Lipinski definition) is 3. The largest absolute Gasteiger partial charge is 0.300 e. The van der Waals surface area contributed by atoms with Crippen LogP contribution in [-0.4, -0.2) is 72.1 Å². The van der Waals surface area contributed by atoms with Gasteiger partial charge in [0.05, 0.1) is 0 Å². The van der Waals surface area contributed by atoms with Crippen LogP contribution < -0.4 is 0 Å². The molecule has 3 heteroatoms. The summed E-state index contributed by atoms with van der Waals surface area (Å²) in [6.07, 6.45) is 2.94. The minimum atomic E-state index is 0.722. The van der Waals surface area contributed by atoms with Crippen molar-refractivity contribution in [1.82, 2.24) is 14.7 Å². The van der Waals surface area contributed by atoms with Gasteiger partial charge in [0, 0.05) is 57.4 Å². The molecule has 2 heterocycles. The highest BCUT2D eigenvalue weighted by Crippen LogP contribution is 2.40. The van der Waals surface area contributed by atoms with Crippen molar-refractivity contribution in [1.29, 1.82) is 0 Å². The molecule has 2 saturated heterocycles. The first-order chi connectivity index (χ1) is 9.54. The van der Waals surface area contributed by atoms with Gasteiger partial charge >= 0.3 is 0 Å². The number of nitrogens with zero attached hydrogens (tertiary/aromatic N) is 3. The van der Waals surface area contributed by atoms with Gasteiger partial charge in [-0.2, -0.15) is 0 Å². The van der Waals surface area contributed by atoms with Crippen LogP contribution in [0.15, 0.2) is 0 Å². The Labute approximate surface area is 125 Å². The smallest absolute Gasteiger partial charge is 0.0113 e. The maximum absolute atomic E-state index is 2.80. The fraction of sp³-hybridized carbons (Fsp3) is 1.00. The number of hydrogen-bond donors (Lipinski definition) is 0. The van der Waals surface area contributed by atoms with E-state index < -0.39 is 0 Å². The molecule has 0 N–H and O–H groups in total. The van der Waals surface area contributed by atoms with E-state index in [1.807, 2.05) is 0 Å². The third kappa shape index (κ3) is 2.90. The molecule has 0 aromatic rings. The SMILES string of the molecule is CC(C)N1CCN(C2CC3CN(C(C)C)CC3C2)CC1. The maximum Gasteiger partial charge on any atom is 0.0113 e. The van der Waals surface area contributed by atoms with Gasteiger partial charge in [-0.1, -0.05) is 0 Å². The van der Waals surface area contributed by atoms with Gasteiger partial charge in [-0.3, -0.25) is 9.80 Å². The van der Waals surface area contributed by atoms with Crippen LogP contribution in [0.3, 0.4) is 0 Å². The minimum absolute atomic E-state index is 0.722. The van der Waals surface area contributed by atoms with E-state index in [2.05, 4.69) is 42.4 Å². The quantitative estimate of drug-likeness (QED) is 0.783. The predicted molar refractivity (Wildman–Crippen MR) is 85.0 cm³/mol. The summed E-state index contributed by atoms with van der Waals surface area (Å²) in [6.45, 7) is 17.3. The van der Waals surface area contributed by atoms with E-state index in [0.717, 1.165) is 30.0 Å². The molecule has 0 aromatic carbocycles. The third-order valence-electron chi connectivity index (χ3n) is 6.08. The Balaban J connectivity index is 1.48. The van der Waals surface area contributed by atoms with Gasteiger partial charge in [-0.15, -0.1) is 0 Å². The predicted octanol–water partition coefficient (Wildman–Crippen LogP) is 2.13. The summed E-state index contributed by atoms with van der Waals surface area (Å²) >= 11 is 0. The molecule has 0 bridgehead atoms. The molecule has 2 aliphatic heterocycles. The highest BCUT2D eigenvalue weighted by atomic mass is 15.3. The van der Waals surface area contributed by atoms with Gasteiger partial charge in [0.2, 0.25) is 0 Å². The molecule has 20 heavy (non-hydrogen) atoms. The topological polar surface area (TPSA) is 9.72 Å². The van der Waals surface area contributed by atoms with Gasteiger partial charge in [-0.05, 0) is 52.4 Å². The van der Waals surface area contributed by atoms with Gasteiger partial charge in [0.1, 0.15) is 0 Å². The summed E-state index contributed by atoms with van der Waals surface area (Å²) in [4.78, 5) is 8.13. The number of fused-ring (bicyclic) bond motifs is 1. The van der Waals surface area contributed by atoms with Crippen molar-refractivity contribution in [2.45, 2.75) is 58.7 Å².